The van der Waals surface area contributed by atoms with Gasteiger partial charge in [-0.05, 0) is 56.0 Å². The second-order valence-electron chi connectivity index (χ2n) is 8.40. The maximum Gasteiger partial charge on any atom is 0.305 e. The van der Waals surface area contributed by atoms with Crippen LogP contribution in [0.3, 0.4) is 0 Å². The summed E-state index contributed by atoms with van der Waals surface area (Å²) in [5.74, 6) is -0.231. The number of ether oxygens (including phenoxy) is 1. The Morgan fingerprint density at radius 3 is 2.57 bits per heavy atom. The van der Waals surface area contributed by atoms with Crippen molar-refractivity contribution in [1.82, 2.24) is 9.29 Å². The molecular formula is C26H30Cl2N2O4S. The fourth-order valence-electron chi connectivity index (χ4n) is 3.88. The summed E-state index contributed by atoms with van der Waals surface area (Å²) in [5, 5.41) is 1.52. The van der Waals surface area contributed by atoms with Gasteiger partial charge in [0.15, 0.2) is 0 Å². The smallest absolute Gasteiger partial charge is 0.305 e. The monoisotopic (exact) mass is 536 g/mol. The highest BCUT2D eigenvalue weighted by Crippen LogP contribution is 2.35. The van der Waals surface area contributed by atoms with Crippen molar-refractivity contribution in [2.45, 2.75) is 50.8 Å². The summed E-state index contributed by atoms with van der Waals surface area (Å²) in [4.78, 5) is 16.1. The van der Waals surface area contributed by atoms with Crippen LogP contribution in [0.1, 0.15) is 49.4 Å². The number of carbonyl (C=O) groups is 1. The van der Waals surface area contributed by atoms with Crippen LogP contribution in [0.5, 0.6) is 0 Å². The van der Waals surface area contributed by atoms with Gasteiger partial charge in [-0.3, -0.25) is 9.78 Å². The maximum absolute atomic E-state index is 13.3. The molecule has 35 heavy (non-hydrogen) atoms. The minimum Gasteiger partial charge on any atom is -0.466 e. The highest BCUT2D eigenvalue weighted by atomic mass is 35.5. The summed E-state index contributed by atoms with van der Waals surface area (Å²) in [7, 11) is -2.30. The Kier molecular flexibility index (Phi) is 9.53. The minimum atomic E-state index is -3.83. The van der Waals surface area contributed by atoms with E-state index in [0.29, 0.717) is 55.8 Å². The van der Waals surface area contributed by atoms with E-state index in [4.69, 9.17) is 27.9 Å². The van der Waals surface area contributed by atoms with Crippen LogP contribution < -0.4 is 0 Å². The SMILES string of the molecule is CCOC(=O)CCCCCN(C)S(=O)(=O)c1ccc(Cl)c(Cc2cccc3ccc(C)nc23)c1Cl. The topological polar surface area (TPSA) is 76.6 Å². The molecule has 0 N–H and O–H groups in total. The zero-order valence-corrected chi connectivity index (χ0v) is 22.5. The van der Waals surface area contributed by atoms with E-state index in [-0.39, 0.29) is 15.9 Å². The largest absolute Gasteiger partial charge is 0.466 e. The van der Waals surface area contributed by atoms with E-state index in [9.17, 15) is 13.2 Å². The van der Waals surface area contributed by atoms with Gasteiger partial charge in [-0.1, -0.05) is 53.9 Å². The number of rotatable bonds is 11. The molecule has 0 saturated heterocycles. The number of nitrogens with zero attached hydrogens (tertiary/aromatic N) is 2. The zero-order valence-electron chi connectivity index (χ0n) is 20.2. The van der Waals surface area contributed by atoms with E-state index in [1.54, 1.807) is 13.0 Å². The first-order valence-electron chi connectivity index (χ1n) is 11.6. The van der Waals surface area contributed by atoms with Gasteiger partial charge in [-0.25, -0.2) is 12.7 Å². The van der Waals surface area contributed by atoms with Crippen LogP contribution in [0, 0.1) is 6.92 Å². The number of carbonyl (C=O) groups excluding carboxylic acids is 1. The molecule has 2 aromatic carbocycles. The molecule has 0 amide bonds. The van der Waals surface area contributed by atoms with Gasteiger partial charge in [0.25, 0.3) is 0 Å². The lowest BCUT2D eigenvalue weighted by molar-refractivity contribution is -0.143. The highest BCUT2D eigenvalue weighted by molar-refractivity contribution is 7.89. The summed E-state index contributed by atoms with van der Waals surface area (Å²) in [5.41, 5.74) is 3.20. The van der Waals surface area contributed by atoms with Crippen molar-refractivity contribution in [3.05, 3.63) is 69.3 Å². The van der Waals surface area contributed by atoms with E-state index in [1.807, 2.05) is 37.3 Å². The Balaban J connectivity index is 1.78. The first-order chi connectivity index (χ1) is 16.6. The number of hydrogen-bond donors (Lipinski definition) is 0. The van der Waals surface area contributed by atoms with Gasteiger partial charge in [-0.2, -0.15) is 0 Å². The Labute approximate surface area is 217 Å². The van der Waals surface area contributed by atoms with Crippen LogP contribution in [0.25, 0.3) is 10.9 Å². The number of para-hydroxylation sites is 1. The Hall–Kier alpha value is -2.19. The van der Waals surface area contributed by atoms with Gasteiger partial charge >= 0.3 is 5.97 Å². The second-order valence-corrected chi connectivity index (χ2v) is 11.2. The third-order valence-corrected chi connectivity index (χ3v) is 8.61. The Morgan fingerprint density at radius 2 is 1.83 bits per heavy atom. The highest BCUT2D eigenvalue weighted by Gasteiger charge is 2.26. The Bertz CT molecular complexity index is 1310. The van der Waals surface area contributed by atoms with Gasteiger partial charge in [0.2, 0.25) is 10.0 Å². The normalized spacial score (nSPS) is 11.8. The van der Waals surface area contributed by atoms with Crippen molar-refractivity contribution in [2.75, 3.05) is 20.2 Å². The molecule has 0 atom stereocenters. The summed E-state index contributed by atoms with van der Waals surface area (Å²) in [6.07, 6.45) is 2.67. The fraction of sp³-hybridized carbons (Fsp3) is 0.385. The summed E-state index contributed by atoms with van der Waals surface area (Å²) in [6.45, 7) is 4.37. The second kappa shape index (κ2) is 12.2. The molecule has 1 aromatic heterocycles. The van der Waals surface area contributed by atoms with Gasteiger partial charge < -0.3 is 4.74 Å². The molecule has 9 heteroatoms. The van der Waals surface area contributed by atoms with E-state index >= 15 is 0 Å². The number of halogens is 2. The first kappa shape index (κ1) is 27.4. The molecule has 188 valence electrons. The van der Waals surface area contributed by atoms with E-state index < -0.39 is 10.0 Å². The number of fused-ring (bicyclic) bond motifs is 1. The minimum absolute atomic E-state index is 0.0250. The van der Waals surface area contributed by atoms with Crippen molar-refractivity contribution >= 4 is 50.1 Å². The number of sulfonamides is 1. The number of pyridine rings is 1. The van der Waals surface area contributed by atoms with E-state index in [0.717, 1.165) is 22.2 Å². The Morgan fingerprint density at radius 1 is 1.06 bits per heavy atom. The molecule has 0 spiro atoms. The lowest BCUT2D eigenvalue weighted by atomic mass is 10.0. The lowest BCUT2D eigenvalue weighted by Crippen LogP contribution is -2.28. The molecular weight excluding hydrogens is 507 g/mol. The summed E-state index contributed by atoms with van der Waals surface area (Å²) >= 11 is 13.1. The standard InChI is InChI=1S/C26H30Cl2N2O4S/c1-4-34-24(31)11-6-5-7-16-30(3)35(32,33)23-15-14-22(27)21(25(23)28)17-20-10-8-9-19-13-12-18(2)29-26(19)20/h8-10,12-15H,4-7,11,16-17H2,1-3H3. The number of esters is 1. The molecule has 0 aliphatic heterocycles. The summed E-state index contributed by atoms with van der Waals surface area (Å²) < 4.78 is 32.8. The average Bonchev–Trinajstić information content (AvgIpc) is 2.81. The van der Waals surface area contributed by atoms with Crippen LogP contribution in [0.15, 0.2) is 47.4 Å². The molecule has 6 nitrogen and oxygen atoms in total. The van der Waals surface area contributed by atoms with Crippen molar-refractivity contribution in [3.63, 3.8) is 0 Å². The molecule has 0 saturated carbocycles. The van der Waals surface area contributed by atoms with Crippen molar-refractivity contribution in [2.24, 2.45) is 0 Å². The number of unbranched alkanes of at least 4 members (excludes halogenated alkanes) is 2. The van der Waals surface area contributed by atoms with Crippen molar-refractivity contribution in [3.8, 4) is 0 Å². The molecule has 0 fully saturated rings. The predicted molar refractivity (Wildman–Crippen MR) is 141 cm³/mol. The quantitative estimate of drug-likeness (QED) is 0.216. The fourth-order valence-corrected chi connectivity index (χ4v) is 5.97. The number of aromatic nitrogens is 1. The average molecular weight is 538 g/mol. The molecule has 3 aromatic rings. The molecule has 0 aliphatic rings. The lowest BCUT2D eigenvalue weighted by Gasteiger charge is -2.20. The third-order valence-electron chi connectivity index (χ3n) is 5.81. The van der Waals surface area contributed by atoms with Gasteiger partial charge in [0.05, 0.1) is 17.1 Å². The van der Waals surface area contributed by atoms with Crippen LogP contribution in [0.4, 0.5) is 0 Å². The van der Waals surface area contributed by atoms with Crippen LogP contribution in [0.2, 0.25) is 10.0 Å². The van der Waals surface area contributed by atoms with E-state index in [1.165, 1.54) is 17.4 Å². The summed E-state index contributed by atoms with van der Waals surface area (Å²) in [6, 6.07) is 12.9. The molecule has 0 aliphatic carbocycles. The first-order valence-corrected chi connectivity index (χ1v) is 13.8. The zero-order chi connectivity index (χ0) is 25.6. The van der Waals surface area contributed by atoms with Crippen LogP contribution in [-0.2, 0) is 26.0 Å². The molecule has 0 radical (unpaired) electrons. The number of hydrogen-bond acceptors (Lipinski definition) is 5. The van der Waals surface area contributed by atoms with Crippen LogP contribution in [-0.4, -0.2) is 43.9 Å². The van der Waals surface area contributed by atoms with Gasteiger partial charge in [0, 0.05) is 42.5 Å². The van der Waals surface area contributed by atoms with Crippen molar-refractivity contribution in [1.29, 1.82) is 0 Å². The number of benzene rings is 2. The van der Waals surface area contributed by atoms with Crippen molar-refractivity contribution < 1.29 is 17.9 Å². The molecule has 3 rings (SSSR count). The number of aryl methyl sites for hydroxylation is 1. The molecule has 1 heterocycles. The van der Waals surface area contributed by atoms with Gasteiger partial charge in [0.1, 0.15) is 4.90 Å². The predicted octanol–water partition coefficient (Wildman–Crippen LogP) is 6.18. The third kappa shape index (κ3) is 6.73. The van der Waals surface area contributed by atoms with E-state index in [2.05, 4.69) is 4.98 Å². The maximum atomic E-state index is 13.3. The van der Waals surface area contributed by atoms with Crippen LogP contribution >= 0.6 is 23.2 Å². The molecule has 0 unspecified atom stereocenters. The molecule has 0 bridgehead atoms. The van der Waals surface area contributed by atoms with Gasteiger partial charge in [-0.15, -0.1) is 0 Å².